The fourth-order valence-electron chi connectivity index (χ4n) is 2.91. The monoisotopic (exact) mass is 360 g/mol. The molecule has 0 amide bonds. The van der Waals surface area contributed by atoms with E-state index < -0.39 is 0 Å². The minimum Gasteiger partial charge on any atom is -0.345 e. The summed E-state index contributed by atoms with van der Waals surface area (Å²) >= 11 is 3.74. The molecule has 2 heterocycles. The number of fused-ring (bicyclic) bond motifs is 1. The quantitative estimate of drug-likeness (QED) is 0.708. The molecule has 0 radical (unpaired) electrons. The third kappa shape index (κ3) is 2.83. The molecular weight excluding hydrogens is 340 g/mol. The van der Waals surface area contributed by atoms with Gasteiger partial charge in [0.1, 0.15) is 0 Å². The lowest BCUT2D eigenvalue weighted by molar-refractivity contribution is 0.641. The Bertz CT molecular complexity index is 761. The van der Waals surface area contributed by atoms with Crippen molar-refractivity contribution in [2.75, 3.05) is 6.54 Å². The van der Waals surface area contributed by atoms with Crippen LogP contribution >= 0.6 is 15.9 Å². The summed E-state index contributed by atoms with van der Waals surface area (Å²) in [6.07, 6.45) is 3.02. The SMILES string of the molecule is Cc1cn(C)nc1CCNCc1c(Br)c2ccccc2n1C. The molecule has 0 spiro atoms. The summed E-state index contributed by atoms with van der Waals surface area (Å²) in [6, 6.07) is 8.46. The van der Waals surface area contributed by atoms with Crippen LogP contribution in [-0.2, 0) is 27.1 Å². The van der Waals surface area contributed by atoms with Crippen LogP contribution in [0.5, 0.6) is 0 Å². The first kappa shape index (κ1) is 15.3. The summed E-state index contributed by atoms with van der Waals surface area (Å²) in [4.78, 5) is 0. The van der Waals surface area contributed by atoms with Gasteiger partial charge in [-0.15, -0.1) is 0 Å². The van der Waals surface area contributed by atoms with Crippen LogP contribution in [0.15, 0.2) is 34.9 Å². The van der Waals surface area contributed by atoms with Gasteiger partial charge in [0.15, 0.2) is 0 Å². The maximum absolute atomic E-state index is 4.49. The molecule has 0 fully saturated rings. The zero-order valence-corrected chi connectivity index (χ0v) is 14.8. The van der Waals surface area contributed by atoms with E-state index in [1.165, 1.54) is 32.3 Å². The van der Waals surface area contributed by atoms with Gasteiger partial charge in [0, 0.05) is 60.9 Å². The van der Waals surface area contributed by atoms with Crippen molar-refractivity contribution in [1.82, 2.24) is 19.7 Å². The average molecular weight is 361 g/mol. The maximum Gasteiger partial charge on any atom is 0.0666 e. The van der Waals surface area contributed by atoms with Gasteiger partial charge in [-0.05, 0) is 34.5 Å². The number of rotatable bonds is 5. The van der Waals surface area contributed by atoms with Crippen molar-refractivity contribution in [1.29, 1.82) is 0 Å². The standard InChI is InChI=1S/C17H21BrN4/c1-12-11-21(2)20-14(12)8-9-19-10-16-17(18)13-6-4-5-7-15(13)22(16)3/h4-7,11,19H,8-10H2,1-3H3. The Morgan fingerprint density at radius 1 is 1.23 bits per heavy atom. The van der Waals surface area contributed by atoms with Crippen LogP contribution in [0, 0.1) is 6.92 Å². The Labute approximate surface area is 139 Å². The fraction of sp³-hybridized carbons (Fsp3) is 0.353. The number of para-hydroxylation sites is 1. The highest BCUT2D eigenvalue weighted by Gasteiger charge is 2.12. The Morgan fingerprint density at radius 3 is 2.68 bits per heavy atom. The summed E-state index contributed by atoms with van der Waals surface area (Å²) in [5.41, 5.74) is 4.96. The van der Waals surface area contributed by atoms with Crippen LogP contribution in [0.4, 0.5) is 0 Å². The predicted octanol–water partition coefficient (Wildman–Crippen LogP) is 3.32. The van der Waals surface area contributed by atoms with Crippen LogP contribution in [0.25, 0.3) is 10.9 Å². The molecule has 22 heavy (non-hydrogen) atoms. The first-order valence-electron chi connectivity index (χ1n) is 7.49. The third-order valence-electron chi connectivity index (χ3n) is 4.11. The van der Waals surface area contributed by atoms with Gasteiger partial charge >= 0.3 is 0 Å². The molecule has 3 rings (SSSR count). The smallest absolute Gasteiger partial charge is 0.0666 e. The summed E-state index contributed by atoms with van der Waals surface area (Å²) < 4.78 is 5.32. The summed E-state index contributed by atoms with van der Waals surface area (Å²) in [5, 5.41) is 9.28. The Kier molecular flexibility index (Phi) is 4.36. The van der Waals surface area contributed by atoms with Crippen molar-refractivity contribution in [2.24, 2.45) is 14.1 Å². The molecule has 0 unspecified atom stereocenters. The van der Waals surface area contributed by atoms with Gasteiger partial charge in [-0.1, -0.05) is 18.2 Å². The molecule has 1 N–H and O–H groups in total. The van der Waals surface area contributed by atoms with Gasteiger partial charge in [0.05, 0.1) is 5.69 Å². The third-order valence-corrected chi connectivity index (χ3v) is 4.99. The van der Waals surface area contributed by atoms with E-state index >= 15 is 0 Å². The molecule has 5 heteroatoms. The van der Waals surface area contributed by atoms with E-state index in [0.29, 0.717) is 0 Å². The van der Waals surface area contributed by atoms with Gasteiger partial charge < -0.3 is 9.88 Å². The summed E-state index contributed by atoms with van der Waals surface area (Å²) in [6.45, 7) is 3.88. The molecule has 0 atom stereocenters. The number of aryl methyl sites for hydroxylation is 3. The molecule has 0 aliphatic rings. The molecule has 0 saturated carbocycles. The second-order valence-corrected chi connectivity index (χ2v) is 6.49. The molecule has 0 aliphatic carbocycles. The minimum absolute atomic E-state index is 0.845. The largest absolute Gasteiger partial charge is 0.345 e. The van der Waals surface area contributed by atoms with E-state index in [0.717, 1.165) is 19.5 Å². The lowest BCUT2D eigenvalue weighted by Gasteiger charge is -2.07. The van der Waals surface area contributed by atoms with E-state index in [1.54, 1.807) is 0 Å². The van der Waals surface area contributed by atoms with Crippen molar-refractivity contribution in [3.8, 4) is 0 Å². The predicted molar refractivity (Wildman–Crippen MR) is 94.0 cm³/mol. The van der Waals surface area contributed by atoms with Gasteiger partial charge in [0.2, 0.25) is 0 Å². The van der Waals surface area contributed by atoms with E-state index in [1.807, 2.05) is 11.7 Å². The Balaban J connectivity index is 1.66. The lowest BCUT2D eigenvalue weighted by atomic mass is 10.2. The molecule has 116 valence electrons. The topological polar surface area (TPSA) is 34.8 Å². The van der Waals surface area contributed by atoms with Crippen LogP contribution in [0.1, 0.15) is 17.0 Å². The zero-order valence-electron chi connectivity index (χ0n) is 13.2. The molecule has 0 bridgehead atoms. The molecule has 4 nitrogen and oxygen atoms in total. The highest BCUT2D eigenvalue weighted by atomic mass is 79.9. The van der Waals surface area contributed by atoms with Crippen LogP contribution < -0.4 is 5.32 Å². The number of aromatic nitrogens is 3. The van der Waals surface area contributed by atoms with E-state index in [4.69, 9.17) is 0 Å². The first-order valence-corrected chi connectivity index (χ1v) is 8.29. The van der Waals surface area contributed by atoms with Gasteiger partial charge in [0.25, 0.3) is 0 Å². The van der Waals surface area contributed by atoms with Crippen molar-refractivity contribution in [3.63, 3.8) is 0 Å². The van der Waals surface area contributed by atoms with Crippen LogP contribution in [0.3, 0.4) is 0 Å². The normalized spacial score (nSPS) is 11.5. The fourth-order valence-corrected chi connectivity index (χ4v) is 3.65. The van der Waals surface area contributed by atoms with Gasteiger partial charge in [-0.3, -0.25) is 4.68 Å². The molecule has 1 aromatic carbocycles. The van der Waals surface area contributed by atoms with Gasteiger partial charge in [-0.25, -0.2) is 0 Å². The number of hydrogen-bond acceptors (Lipinski definition) is 2. The van der Waals surface area contributed by atoms with Gasteiger partial charge in [-0.2, -0.15) is 5.10 Å². The lowest BCUT2D eigenvalue weighted by Crippen LogP contribution is -2.19. The second kappa shape index (κ2) is 6.26. The molecular formula is C17H21BrN4. The highest BCUT2D eigenvalue weighted by Crippen LogP contribution is 2.29. The molecule has 0 aliphatic heterocycles. The number of benzene rings is 1. The van der Waals surface area contributed by atoms with E-state index in [9.17, 15) is 0 Å². The summed E-state index contributed by atoms with van der Waals surface area (Å²) in [7, 11) is 4.09. The number of nitrogens with one attached hydrogen (secondary N) is 1. The number of halogens is 1. The molecule has 3 aromatic rings. The van der Waals surface area contributed by atoms with Crippen molar-refractivity contribution in [3.05, 3.63) is 51.9 Å². The minimum atomic E-state index is 0.845. The number of nitrogens with zero attached hydrogens (tertiary/aromatic N) is 3. The van der Waals surface area contributed by atoms with E-state index in [2.05, 4.69) is 75.3 Å². The Hall–Kier alpha value is -1.59. The first-order chi connectivity index (χ1) is 10.6. The van der Waals surface area contributed by atoms with Crippen molar-refractivity contribution >= 4 is 26.8 Å². The zero-order chi connectivity index (χ0) is 15.7. The highest BCUT2D eigenvalue weighted by molar-refractivity contribution is 9.10. The second-order valence-electron chi connectivity index (χ2n) is 5.70. The van der Waals surface area contributed by atoms with Crippen molar-refractivity contribution in [2.45, 2.75) is 19.9 Å². The van der Waals surface area contributed by atoms with Crippen molar-refractivity contribution < 1.29 is 0 Å². The molecule has 2 aromatic heterocycles. The molecule has 0 saturated heterocycles. The average Bonchev–Trinajstić information content (AvgIpc) is 2.95. The maximum atomic E-state index is 4.49. The van der Waals surface area contributed by atoms with Crippen LogP contribution in [0.2, 0.25) is 0 Å². The summed E-state index contributed by atoms with van der Waals surface area (Å²) in [5.74, 6) is 0. The van der Waals surface area contributed by atoms with E-state index in [-0.39, 0.29) is 0 Å². The number of hydrogen-bond donors (Lipinski definition) is 1. The van der Waals surface area contributed by atoms with Crippen LogP contribution in [-0.4, -0.2) is 20.9 Å². The Morgan fingerprint density at radius 2 is 2.00 bits per heavy atom.